The van der Waals surface area contributed by atoms with E-state index in [1.54, 1.807) is 29.6 Å². The minimum Gasteiger partial charge on any atom is -0.336 e. The second-order valence-electron chi connectivity index (χ2n) is 6.00. The van der Waals surface area contributed by atoms with Crippen molar-refractivity contribution < 1.29 is 9.59 Å². The van der Waals surface area contributed by atoms with Crippen molar-refractivity contribution in [3.63, 3.8) is 0 Å². The molecule has 0 unspecified atom stereocenters. The Labute approximate surface area is 150 Å². The van der Waals surface area contributed by atoms with Gasteiger partial charge in [0.1, 0.15) is 0 Å². The number of benzene rings is 1. The van der Waals surface area contributed by atoms with Gasteiger partial charge in [0, 0.05) is 23.7 Å². The number of likely N-dealkylation sites (tertiary alicyclic amines) is 1. The second-order valence-corrected chi connectivity index (χ2v) is 7.19. The van der Waals surface area contributed by atoms with E-state index in [0.29, 0.717) is 21.8 Å². The topological polar surface area (TPSA) is 49.4 Å². The second kappa shape index (κ2) is 7.36. The summed E-state index contributed by atoms with van der Waals surface area (Å²) in [4.78, 5) is 26.7. The highest BCUT2D eigenvalue weighted by atomic mass is 35.5. The molecule has 1 aromatic carbocycles. The van der Waals surface area contributed by atoms with Crippen molar-refractivity contribution in [2.75, 3.05) is 11.9 Å². The van der Waals surface area contributed by atoms with Crippen LogP contribution in [0.1, 0.15) is 46.9 Å². The van der Waals surface area contributed by atoms with Gasteiger partial charge in [-0.05, 0) is 55.8 Å². The third kappa shape index (κ3) is 3.62. The predicted molar refractivity (Wildman–Crippen MR) is 98.1 cm³/mol. The van der Waals surface area contributed by atoms with Crippen molar-refractivity contribution in [2.45, 2.75) is 32.2 Å². The van der Waals surface area contributed by atoms with Crippen LogP contribution in [-0.2, 0) is 0 Å². The number of amides is 2. The molecule has 1 atom stereocenters. The highest BCUT2D eigenvalue weighted by Crippen LogP contribution is 2.26. The van der Waals surface area contributed by atoms with Gasteiger partial charge in [0.2, 0.25) is 0 Å². The lowest BCUT2D eigenvalue weighted by atomic mass is 10.0. The number of hydrogen-bond acceptors (Lipinski definition) is 3. The molecular weight excluding hydrogens is 344 g/mol. The molecule has 2 aromatic rings. The Hall–Kier alpha value is -1.85. The Balaban J connectivity index is 1.74. The van der Waals surface area contributed by atoms with Crippen LogP contribution in [0.25, 0.3) is 0 Å². The summed E-state index contributed by atoms with van der Waals surface area (Å²) in [5.74, 6) is -0.223. The van der Waals surface area contributed by atoms with E-state index in [1.807, 2.05) is 10.3 Å². The Morgan fingerprint density at radius 3 is 2.79 bits per heavy atom. The monoisotopic (exact) mass is 362 g/mol. The summed E-state index contributed by atoms with van der Waals surface area (Å²) in [6.07, 6.45) is 3.22. The van der Waals surface area contributed by atoms with Gasteiger partial charge in [0.15, 0.2) is 0 Å². The summed E-state index contributed by atoms with van der Waals surface area (Å²) in [6, 6.07) is 7.04. The Bertz CT molecular complexity index is 745. The fourth-order valence-corrected chi connectivity index (χ4v) is 3.82. The van der Waals surface area contributed by atoms with Crippen molar-refractivity contribution in [1.82, 2.24) is 4.90 Å². The lowest BCUT2D eigenvalue weighted by Crippen LogP contribution is -2.42. The van der Waals surface area contributed by atoms with Crippen molar-refractivity contribution in [1.29, 1.82) is 0 Å². The number of piperidine rings is 1. The minimum atomic E-state index is -0.184. The molecule has 3 rings (SSSR count). The van der Waals surface area contributed by atoms with E-state index in [1.165, 1.54) is 11.3 Å². The largest absolute Gasteiger partial charge is 0.336 e. The maximum absolute atomic E-state index is 12.7. The molecule has 0 saturated carbocycles. The first kappa shape index (κ1) is 17.0. The highest BCUT2D eigenvalue weighted by Gasteiger charge is 2.25. The van der Waals surface area contributed by atoms with Gasteiger partial charge in [-0.25, -0.2) is 0 Å². The van der Waals surface area contributed by atoms with Crippen LogP contribution in [0, 0.1) is 0 Å². The molecule has 1 fully saturated rings. The molecule has 2 amide bonds. The molecule has 6 heteroatoms. The standard InChI is InChI=1S/C18H19ClN2O2S/c1-12-4-2-3-8-21(12)18(23)15-6-5-14(10-16(15)19)20-17(22)13-7-9-24-11-13/h5-7,9-12H,2-4,8H2,1H3,(H,20,22)/t12-/m1/s1. The summed E-state index contributed by atoms with van der Waals surface area (Å²) in [5, 5.41) is 6.79. The summed E-state index contributed by atoms with van der Waals surface area (Å²) in [7, 11) is 0. The summed E-state index contributed by atoms with van der Waals surface area (Å²) in [5.41, 5.74) is 1.68. The third-order valence-corrected chi connectivity index (χ3v) is 5.30. The minimum absolute atomic E-state index is 0.0390. The molecule has 1 aliphatic heterocycles. The van der Waals surface area contributed by atoms with Crippen LogP contribution >= 0.6 is 22.9 Å². The molecule has 0 aliphatic carbocycles. The fourth-order valence-electron chi connectivity index (χ4n) is 2.92. The van der Waals surface area contributed by atoms with E-state index in [-0.39, 0.29) is 17.9 Å². The zero-order chi connectivity index (χ0) is 17.1. The van der Waals surface area contributed by atoms with Crippen molar-refractivity contribution in [3.8, 4) is 0 Å². The van der Waals surface area contributed by atoms with Gasteiger partial charge in [-0.3, -0.25) is 9.59 Å². The average Bonchev–Trinajstić information content (AvgIpc) is 3.09. The molecule has 0 bridgehead atoms. The normalized spacial score (nSPS) is 17.6. The number of anilines is 1. The van der Waals surface area contributed by atoms with Crippen LogP contribution in [0.3, 0.4) is 0 Å². The van der Waals surface area contributed by atoms with E-state index in [4.69, 9.17) is 11.6 Å². The maximum Gasteiger partial charge on any atom is 0.256 e. The molecule has 1 saturated heterocycles. The number of halogens is 1. The molecule has 4 nitrogen and oxygen atoms in total. The van der Waals surface area contributed by atoms with Gasteiger partial charge in [-0.15, -0.1) is 0 Å². The first-order valence-corrected chi connectivity index (χ1v) is 9.32. The van der Waals surface area contributed by atoms with E-state index in [9.17, 15) is 9.59 Å². The molecule has 1 aliphatic rings. The van der Waals surface area contributed by atoms with Crippen LogP contribution < -0.4 is 5.32 Å². The molecule has 2 heterocycles. The van der Waals surface area contributed by atoms with Crippen molar-refractivity contribution in [3.05, 3.63) is 51.2 Å². The van der Waals surface area contributed by atoms with Crippen LogP contribution in [0.2, 0.25) is 5.02 Å². The third-order valence-electron chi connectivity index (χ3n) is 4.30. The maximum atomic E-state index is 12.7. The SMILES string of the molecule is C[C@@H]1CCCCN1C(=O)c1ccc(NC(=O)c2ccsc2)cc1Cl. The molecular formula is C18H19ClN2O2S. The quantitative estimate of drug-likeness (QED) is 0.862. The van der Waals surface area contributed by atoms with Crippen molar-refractivity contribution >= 4 is 40.4 Å². The summed E-state index contributed by atoms with van der Waals surface area (Å²) >= 11 is 7.77. The van der Waals surface area contributed by atoms with E-state index >= 15 is 0 Å². The zero-order valence-electron chi connectivity index (χ0n) is 13.4. The van der Waals surface area contributed by atoms with Crippen LogP contribution in [0.5, 0.6) is 0 Å². The molecule has 0 spiro atoms. The number of nitrogens with one attached hydrogen (secondary N) is 1. The van der Waals surface area contributed by atoms with Crippen molar-refractivity contribution in [2.24, 2.45) is 0 Å². The van der Waals surface area contributed by atoms with Crippen LogP contribution in [0.15, 0.2) is 35.0 Å². The number of carbonyl (C=O) groups excluding carboxylic acids is 2. The average molecular weight is 363 g/mol. The van der Waals surface area contributed by atoms with Crippen LogP contribution in [0.4, 0.5) is 5.69 Å². The molecule has 1 N–H and O–H groups in total. The first-order valence-electron chi connectivity index (χ1n) is 8.00. The molecule has 1 aromatic heterocycles. The first-order chi connectivity index (χ1) is 11.6. The zero-order valence-corrected chi connectivity index (χ0v) is 15.0. The molecule has 126 valence electrons. The number of thiophene rings is 1. The Morgan fingerprint density at radius 2 is 2.12 bits per heavy atom. The number of hydrogen-bond donors (Lipinski definition) is 1. The highest BCUT2D eigenvalue weighted by molar-refractivity contribution is 7.08. The van der Waals surface area contributed by atoms with Crippen LogP contribution in [-0.4, -0.2) is 29.3 Å². The van der Waals surface area contributed by atoms with Gasteiger partial charge in [0.05, 0.1) is 16.1 Å². The van der Waals surface area contributed by atoms with E-state index < -0.39 is 0 Å². The van der Waals surface area contributed by atoms with Gasteiger partial charge in [0.25, 0.3) is 11.8 Å². The summed E-state index contributed by atoms with van der Waals surface area (Å²) in [6.45, 7) is 2.84. The lowest BCUT2D eigenvalue weighted by Gasteiger charge is -2.33. The van der Waals surface area contributed by atoms with E-state index in [0.717, 1.165) is 25.8 Å². The lowest BCUT2D eigenvalue weighted by molar-refractivity contribution is 0.0635. The Kier molecular flexibility index (Phi) is 5.21. The number of rotatable bonds is 3. The Morgan fingerprint density at radius 1 is 1.29 bits per heavy atom. The van der Waals surface area contributed by atoms with E-state index in [2.05, 4.69) is 12.2 Å². The smallest absolute Gasteiger partial charge is 0.256 e. The predicted octanol–water partition coefficient (Wildman–Crippen LogP) is 4.67. The fraction of sp³-hybridized carbons (Fsp3) is 0.333. The number of carbonyl (C=O) groups is 2. The van der Waals surface area contributed by atoms with Gasteiger partial charge in [-0.1, -0.05) is 11.6 Å². The van der Waals surface area contributed by atoms with Gasteiger partial charge >= 0.3 is 0 Å². The molecule has 24 heavy (non-hydrogen) atoms. The van der Waals surface area contributed by atoms with Gasteiger partial charge in [-0.2, -0.15) is 11.3 Å². The molecule has 0 radical (unpaired) electrons. The number of nitrogens with zero attached hydrogens (tertiary/aromatic N) is 1. The van der Waals surface area contributed by atoms with Gasteiger partial charge < -0.3 is 10.2 Å². The summed E-state index contributed by atoms with van der Waals surface area (Å²) < 4.78 is 0.